The van der Waals surface area contributed by atoms with Crippen LogP contribution in [-0.4, -0.2) is 20.6 Å². The largest absolute Gasteiger partial charge is 0.348 e. The summed E-state index contributed by atoms with van der Waals surface area (Å²) in [4.78, 5) is 23.1. The van der Waals surface area contributed by atoms with Crippen molar-refractivity contribution < 1.29 is 9.72 Å². The third kappa shape index (κ3) is 4.46. The van der Waals surface area contributed by atoms with Crippen LogP contribution in [0.25, 0.3) is 16.9 Å². The number of carbonyl (C=O) groups excluding carboxylic acids is 1. The topological polar surface area (TPSA) is 90.1 Å². The summed E-state index contributed by atoms with van der Waals surface area (Å²) >= 11 is 5.83. The summed E-state index contributed by atoms with van der Waals surface area (Å²) in [7, 11) is 0. The van der Waals surface area contributed by atoms with Gasteiger partial charge in [0.2, 0.25) is 0 Å². The predicted molar refractivity (Wildman–Crippen MR) is 118 cm³/mol. The minimum atomic E-state index is -0.615. The van der Waals surface area contributed by atoms with Gasteiger partial charge in [0.15, 0.2) is 0 Å². The number of halogens is 1. The van der Waals surface area contributed by atoms with Crippen LogP contribution in [0.5, 0.6) is 0 Å². The molecule has 0 spiro atoms. The lowest BCUT2D eigenvalue weighted by atomic mass is 10.1. The van der Waals surface area contributed by atoms with Crippen molar-refractivity contribution in [2.24, 2.45) is 0 Å². The lowest BCUT2D eigenvalue weighted by Gasteiger charge is -2.06. The maximum absolute atomic E-state index is 12.6. The fraction of sp³-hybridized carbons (Fsp3) is 0.0435. The zero-order valence-electron chi connectivity index (χ0n) is 16.2. The fourth-order valence-corrected chi connectivity index (χ4v) is 3.35. The maximum Gasteiger partial charge on any atom is 0.288 e. The number of rotatable bonds is 6. The number of para-hydroxylation sites is 1. The molecule has 0 atom stereocenters. The number of aromatic nitrogens is 2. The Morgan fingerprint density at radius 2 is 1.71 bits per heavy atom. The van der Waals surface area contributed by atoms with E-state index in [9.17, 15) is 14.9 Å². The van der Waals surface area contributed by atoms with E-state index in [1.54, 1.807) is 4.68 Å². The molecule has 1 N–H and O–H groups in total. The summed E-state index contributed by atoms with van der Waals surface area (Å²) in [6, 6.07) is 23.3. The van der Waals surface area contributed by atoms with E-state index in [0.717, 1.165) is 22.5 Å². The monoisotopic (exact) mass is 432 g/mol. The molecule has 0 fully saturated rings. The van der Waals surface area contributed by atoms with Gasteiger partial charge >= 0.3 is 0 Å². The molecule has 0 saturated heterocycles. The van der Waals surface area contributed by atoms with Gasteiger partial charge in [0.05, 0.1) is 16.3 Å². The van der Waals surface area contributed by atoms with Crippen molar-refractivity contribution in [1.82, 2.24) is 15.1 Å². The van der Waals surface area contributed by atoms with E-state index in [-0.39, 0.29) is 22.8 Å². The lowest BCUT2D eigenvalue weighted by Crippen LogP contribution is -2.23. The van der Waals surface area contributed by atoms with Gasteiger partial charge in [-0.1, -0.05) is 60.1 Å². The lowest BCUT2D eigenvalue weighted by molar-refractivity contribution is -0.384. The number of nitro benzene ring substituents is 1. The van der Waals surface area contributed by atoms with Crippen molar-refractivity contribution in [1.29, 1.82) is 0 Å². The molecule has 1 aromatic heterocycles. The Kier molecular flexibility index (Phi) is 5.77. The van der Waals surface area contributed by atoms with Crippen molar-refractivity contribution in [3.8, 4) is 16.9 Å². The highest BCUT2D eigenvalue weighted by molar-refractivity contribution is 6.32. The van der Waals surface area contributed by atoms with E-state index in [1.807, 2.05) is 66.9 Å². The molecule has 4 rings (SSSR count). The van der Waals surface area contributed by atoms with Gasteiger partial charge in [0.1, 0.15) is 5.02 Å². The van der Waals surface area contributed by atoms with E-state index >= 15 is 0 Å². The predicted octanol–water partition coefficient (Wildman–Crippen LogP) is 5.03. The molecule has 0 aliphatic rings. The van der Waals surface area contributed by atoms with Crippen LogP contribution in [0, 0.1) is 10.1 Å². The van der Waals surface area contributed by atoms with E-state index in [2.05, 4.69) is 5.32 Å². The molecule has 3 aromatic carbocycles. The number of hydrogen-bond acceptors (Lipinski definition) is 4. The number of nitrogens with zero attached hydrogens (tertiary/aromatic N) is 3. The summed E-state index contributed by atoms with van der Waals surface area (Å²) in [5.41, 5.74) is 3.22. The number of hydrogen-bond donors (Lipinski definition) is 1. The van der Waals surface area contributed by atoms with Crippen molar-refractivity contribution in [3.05, 3.63) is 111 Å². The van der Waals surface area contributed by atoms with E-state index < -0.39 is 10.8 Å². The number of amides is 1. The van der Waals surface area contributed by atoms with Crippen LogP contribution < -0.4 is 5.32 Å². The standard InChI is InChI=1S/C23H17ClN4O3/c24-20-12-11-17(13-21(20)28(30)31)23(29)25-14-18-15-27(19-9-5-2-6-10-19)26-22(18)16-7-3-1-4-8-16/h1-13,15H,14H2,(H,25,29). The van der Waals surface area contributed by atoms with Crippen LogP contribution in [0.1, 0.15) is 15.9 Å². The van der Waals surface area contributed by atoms with Crippen molar-refractivity contribution in [2.45, 2.75) is 6.54 Å². The smallest absolute Gasteiger partial charge is 0.288 e. The molecular weight excluding hydrogens is 416 g/mol. The SMILES string of the molecule is O=C(NCc1cn(-c2ccccc2)nc1-c1ccccc1)c1ccc(Cl)c([N+](=O)[O-])c1. The zero-order chi connectivity index (χ0) is 21.8. The Bertz CT molecular complexity index is 1240. The molecule has 0 aliphatic heterocycles. The number of nitro groups is 1. The quantitative estimate of drug-likeness (QED) is 0.341. The van der Waals surface area contributed by atoms with Crippen LogP contribution in [0.15, 0.2) is 85.1 Å². The first-order valence-electron chi connectivity index (χ1n) is 9.44. The molecule has 0 aliphatic carbocycles. The Hall–Kier alpha value is -3.97. The van der Waals surface area contributed by atoms with Crippen molar-refractivity contribution in [3.63, 3.8) is 0 Å². The average molecular weight is 433 g/mol. The summed E-state index contributed by atoms with van der Waals surface area (Å²) in [6.45, 7) is 0.201. The van der Waals surface area contributed by atoms with Gasteiger partial charge in [0, 0.05) is 35.5 Å². The second-order valence-electron chi connectivity index (χ2n) is 6.76. The first kappa shape index (κ1) is 20.3. The first-order valence-corrected chi connectivity index (χ1v) is 9.82. The van der Waals surface area contributed by atoms with Crippen LogP contribution in [0.2, 0.25) is 5.02 Å². The first-order chi connectivity index (χ1) is 15.0. The molecule has 154 valence electrons. The van der Waals surface area contributed by atoms with Gasteiger partial charge in [-0.25, -0.2) is 4.68 Å². The molecular formula is C23H17ClN4O3. The number of carbonyl (C=O) groups is 1. The van der Waals surface area contributed by atoms with Crippen LogP contribution in [0.3, 0.4) is 0 Å². The van der Waals surface area contributed by atoms with Gasteiger partial charge in [-0.15, -0.1) is 0 Å². The van der Waals surface area contributed by atoms with Gasteiger partial charge in [-0.05, 0) is 24.3 Å². The van der Waals surface area contributed by atoms with E-state index in [4.69, 9.17) is 16.7 Å². The van der Waals surface area contributed by atoms with Gasteiger partial charge in [-0.3, -0.25) is 14.9 Å². The Balaban J connectivity index is 1.62. The van der Waals surface area contributed by atoms with Gasteiger partial charge < -0.3 is 5.32 Å². The zero-order valence-corrected chi connectivity index (χ0v) is 17.0. The molecule has 4 aromatic rings. The van der Waals surface area contributed by atoms with Crippen LogP contribution in [0.4, 0.5) is 5.69 Å². The number of nitrogens with one attached hydrogen (secondary N) is 1. The van der Waals surface area contributed by atoms with E-state index in [1.165, 1.54) is 18.2 Å². The minimum absolute atomic E-state index is 0.0166. The molecule has 0 radical (unpaired) electrons. The molecule has 31 heavy (non-hydrogen) atoms. The molecule has 8 heteroatoms. The summed E-state index contributed by atoms with van der Waals surface area (Å²) in [5.74, 6) is -0.439. The van der Waals surface area contributed by atoms with Crippen LogP contribution in [-0.2, 0) is 6.54 Å². The molecule has 1 amide bonds. The highest BCUT2D eigenvalue weighted by Crippen LogP contribution is 2.26. The average Bonchev–Trinajstić information content (AvgIpc) is 3.23. The maximum atomic E-state index is 12.6. The molecule has 1 heterocycles. The van der Waals surface area contributed by atoms with Crippen molar-refractivity contribution >= 4 is 23.2 Å². The summed E-state index contributed by atoms with van der Waals surface area (Å²) in [6.07, 6.45) is 1.86. The second-order valence-corrected chi connectivity index (χ2v) is 7.16. The summed E-state index contributed by atoms with van der Waals surface area (Å²) < 4.78 is 1.76. The third-order valence-electron chi connectivity index (χ3n) is 4.70. The Morgan fingerprint density at radius 3 is 2.39 bits per heavy atom. The highest BCUT2D eigenvalue weighted by Gasteiger charge is 2.18. The van der Waals surface area contributed by atoms with Gasteiger partial charge in [0.25, 0.3) is 11.6 Å². The third-order valence-corrected chi connectivity index (χ3v) is 5.02. The molecule has 0 unspecified atom stereocenters. The minimum Gasteiger partial charge on any atom is -0.348 e. The normalized spacial score (nSPS) is 10.6. The van der Waals surface area contributed by atoms with Crippen molar-refractivity contribution in [2.75, 3.05) is 0 Å². The molecule has 7 nitrogen and oxygen atoms in total. The molecule has 0 saturated carbocycles. The Labute approximate surface area is 183 Å². The summed E-state index contributed by atoms with van der Waals surface area (Å²) in [5, 5.41) is 18.6. The van der Waals surface area contributed by atoms with E-state index in [0.29, 0.717) is 0 Å². The molecule has 0 bridgehead atoms. The second kappa shape index (κ2) is 8.81. The highest BCUT2D eigenvalue weighted by atomic mass is 35.5. The van der Waals surface area contributed by atoms with Crippen LogP contribution >= 0.6 is 11.6 Å². The Morgan fingerprint density at radius 1 is 1.03 bits per heavy atom. The van der Waals surface area contributed by atoms with Gasteiger partial charge in [-0.2, -0.15) is 5.10 Å². The number of benzene rings is 3. The fourth-order valence-electron chi connectivity index (χ4n) is 3.16.